The highest BCUT2D eigenvalue weighted by Crippen LogP contribution is 2.22. The standard InChI is InChI=1S/C20H23N3O3/c1-14-6-5-7-15(10-14)12-23-13-16(11-18(23)20(25)26-2)22-19(24)17-8-3-4-9-21-17/h3-10,16,18H,11-13H2,1-2H3,(H,22,24)/t16-,18+/m1/s1. The molecule has 0 unspecified atom stereocenters. The first-order valence-electron chi connectivity index (χ1n) is 8.66. The van der Waals surface area contributed by atoms with Crippen LogP contribution in [0.3, 0.4) is 0 Å². The number of ether oxygens (including phenoxy) is 1. The van der Waals surface area contributed by atoms with E-state index in [0.717, 1.165) is 5.56 Å². The molecule has 6 heteroatoms. The van der Waals surface area contributed by atoms with Gasteiger partial charge in [0.1, 0.15) is 11.7 Å². The number of pyridine rings is 1. The summed E-state index contributed by atoms with van der Waals surface area (Å²) in [5.41, 5.74) is 2.69. The van der Waals surface area contributed by atoms with Crippen molar-refractivity contribution < 1.29 is 14.3 Å². The molecule has 0 bridgehead atoms. The SMILES string of the molecule is COC(=O)[C@@H]1C[C@@H](NC(=O)c2ccccn2)CN1Cc1cccc(C)c1. The van der Waals surface area contributed by atoms with Crippen LogP contribution in [0.15, 0.2) is 48.7 Å². The van der Waals surface area contributed by atoms with Gasteiger partial charge in [0.15, 0.2) is 0 Å². The maximum absolute atomic E-state index is 12.3. The van der Waals surface area contributed by atoms with Crippen molar-refractivity contribution in [1.29, 1.82) is 0 Å². The first-order valence-corrected chi connectivity index (χ1v) is 8.66. The molecule has 6 nitrogen and oxygen atoms in total. The second kappa shape index (κ2) is 8.10. The zero-order chi connectivity index (χ0) is 18.5. The molecule has 0 saturated carbocycles. The van der Waals surface area contributed by atoms with Gasteiger partial charge in [0.25, 0.3) is 5.91 Å². The van der Waals surface area contributed by atoms with Crippen LogP contribution in [0, 0.1) is 6.92 Å². The Morgan fingerprint density at radius 3 is 2.81 bits per heavy atom. The zero-order valence-corrected chi connectivity index (χ0v) is 15.0. The predicted octanol–water partition coefficient (Wildman–Crippen LogP) is 1.94. The number of aryl methyl sites for hydroxylation is 1. The Balaban J connectivity index is 1.70. The molecule has 2 heterocycles. The average molecular weight is 353 g/mol. The van der Waals surface area contributed by atoms with Crippen LogP contribution in [-0.4, -0.2) is 47.5 Å². The smallest absolute Gasteiger partial charge is 0.323 e. The molecule has 0 spiro atoms. The number of esters is 1. The summed E-state index contributed by atoms with van der Waals surface area (Å²) in [6, 6.07) is 12.9. The summed E-state index contributed by atoms with van der Waals surface area (Å²) in [6.45, 7) is 3.27. The highest BCUT2D eigenvalue weighted by atomic mass is 16.5. The number of carbonyl (C=O) groups excluding carboxylic acids is 2. The number of aromatic nitrogens is 1. The molecule has 0 radical (unpaired) electrons. The minimum Gasteiger partial charge on any atom is -0.468 e. The van der Waals surface area contributed by atoms with Gasteiger partial charge in [0.05, 0.1) is 7.11 Å². The van der Waals surface area contributed by atoms with Crippen molar-refractivity contribution in [3.05, 3.63) is 65.5 Å². The molecule has 26 heavy (non-hydrogen) atoms. The fraction of sp³-hybridized carbons (Fsp3) is 0.350. The number of rotatable bonds is 5. The Morgan fingerprint density at radius 2 is 2.12 bits per heavy atom. The van der Waals surface area contributed by atoms with Crippen LogP contribution in [0.4, 0.5) is 0 Å². The van der Waals surface area contributed by atoms with Gasteiger partial charge in [-0.1, -0.05) is 35.9 Å². The molecule has 3 rings (SSSR count). The maximum Gasteiger partial charge on any atom is 0.323 e. The van der Waals surface area contributed by atoms with E-state index in [0.29, 0.717) is 25.2 Å². The van der Waals surface area contributed by atoms with Crippen molar-refractivity contribution in [3.63, 3.8) is 0 Å². The molecule has 2 atom stereocenters. The highest BCUT2D eigenvalue weighted by Gasteiger charge is 2.38. The van der Waals surface area contributed by atoms with Crippen LogP contribution in [0.2, 0.25) is 0 Å². The van der Waals surface area contributed by atoms with E-state index in [1.54, 1.807) is 24.4 Å². The van der Waals surface area contributed by atoms with Gasteiger partial charge in [-0.25, -0.2) is 0 Å². The Morgan fingerprint density at radius 1 is 1.27 bits per heavy atom. The number of hydrogen-bond acceptors (Lipinski definition) is 5. The van der Waals surface area contributed by atoms with E-state index in [9.17, 15) is 9.59 Å². The maximum atomic E-state index is 12.3. The number of methoxy groups -OCH3 is 1. The lowest BCUT2D eigenvalue weighted by molar-refractivity contribution is -0.146. The molecule has 1 fully saturated rings. The number of likely N-dealkylation sites (tertiary alicyclic amines) is 1. The molecule has 1 aromatic heterocycles. The van der Waals surface area contributed by atoms with E-state index in [1.165, 1.54) is 12.7 Å². The fourth-order valence-electron chi connectivity index (χ4n) is 3.37. The van der Waals surface area contributed by atoms with Crippen LogP contribution >= 0.6 is 0 Å². The first-order chi connectivity index (χ1) is 12.6. The summed E-state index contributed by atoms with van der Waals surface area (Å²) < 4.78 is 4.96. The number of amides is 1. The van der Waals surface area contributed by atoms with Gasteiger partial charge >= 0.3 is 5.97 Å². The summed E-state index contributed by atoms with van der Waals surface area (Å²) >= 11 is 0. The van der Waals surface area contributed by atoms with E-state index < -0.39 is 0 Å². The molecule has 2 aromatic rings. The molecule has 1 aliphatic rings. The molecule has 136 valence electrons. The van der Waals surface area contributed by atoms with Crippen molar-refractivity contribution in [2.24, 2.45) is 0 Å². The van der Waals surface area contributed by atoms with Gasteiger partial charge < -0.3 is 10.1 Å². The monoisotopic (exact) mass is 353 g/mol. The molecule has 1 N–H and O–H groups in total. The zero-order valence-electron chi connectivity index (χ0n) is 15.0. The lowest BCUT2D eigenvalue weighted by Gasteiger charge is -2.22. The van der Waals surface area contributed by atoms with Crippen LogP contribution in [0.25, 0.3) is 0 Å². The summed E-state index contributed by atoms with van der Waals surface area (Å²) in [7, 11) is 1.40. The fourth-order valence-corrected chi connectivity index (χ4v) is 3.37. The molecular formula is C20H23N3O3. The summed E-state index contributed by atoms with van der Waals surface area (Å²) in [5, 5.41) is 2.98. The van der Waals surface area contributed by atoms with E-state index in [-0.39, 0.29) is 24.0 Å². The summed E-state index contributed by atoms with van der Waals surface area (Å²) in [4.78, 5) is 30.7. The average Bonchev–Trinajstić information content (AvgIpc) is 3.04. The third-order valence-electron chi connectivity index (χ3n) is 4.58. The van der Waals surface area contributed by atoms with Crippen LogP contribution < -0.4 is 5.32 Å². The normalized spacial score (nSPS) is 19.9. The Labute approximate surface area is 153 Å². The van der Waals surface area contributed by atoms with Crippen LogP contribution in [0.5, 0.6) is 0 Å². The second-order valence-corrected chi connectivity index (χ2v) is 6.58. The predicted molar refractivity (Wildman–Crippen MR) is 97.5 cm³/mol. The van der Waals surface area contributed by atoms with Gasteiger partial charge in [-0.05, 0) is 31.0 Å². The van der Waals surface area contributed by atoms with Gasteiger partial charge in [-0.2, -0.15) is 0 Å². The third-order valence-corrected chi connectivity index (χ3v) is 4.58. The van der Waals surface area contributed by atoms with E-state index >= 15 is 0 Å². The molecule has 1 saturated heterocycles. The van der Waals surface area contributed by atoms with Crippen molar-refractivity contribution in [3.8, 4) is 0 Å². The van der Waals surface area contributed by atoms with Crippen molar-refractivity contribution >= 4 is 11.9 Å². The van der Waals surface area contributed by atoms with Crippen molar-refractivity contribution in [2.75, 3.05) is 13.7 Å². The van der Waals surface area contributed by atoms with E-state index in [2.05, 4.69) is 21.3 Å². The van der Waals surface area contributed by atoms with Gasteiger partial charge in [-0.3, -0.25) is 19.5 Å². The van der Waals surface area contributed by atoms with Gasteiger partial charge in [0.2, 0.25) is 0 Å². The Bertz CT molecular complexity index is 779. The van der Waals surface area contributed by atoms with Gasteiger partial charge in [-0.15, -0.1) is 0 Å². The number of hydrogen-bond donors (Lipinski definition) is 1. The third kappa shape index (κ3) is 4.26. The lowest BCUT2D eigenvalue weighted by atomic mass is 10.1. The van der Waals surface area contributed by atoms with Crippen LogP contribution in [-0.2, 0) is 16.1 Å². The lowest BCUT2D eigenvalue weighted by Crippen LogP contribution is -2.38. The molecule has 0 aliphatic carbocycles. The van der Waals surface area contributed by atoms with E-state index in [4.69, 9.17) is 4.74 Å². The number of nitrogens with one attached hydrogen (secondary N) is 1. The first kappa shape index (κ1) is 18.1. The topological polar surface area (TPSA) is 71.5 Å². The Hall–Kier alpha value is -2.73. The van der Waals surface area contributed by atoms with Gasteiger partial charge in [0, 0.05) is 25.3 Å². The Kier molecular flexibility index (Phi) is 5.63. The quantitative estimate of drug-likeness (QED) is 0.832. The molecule has 1 aliphatic heterocycles. The summed E-state index contributed by atoms with van der Waals surface area (Å²) in [6.07, 6.45) is 2.11. The second-order valence-electron chi connectivity index (χ2n) is 6.58. The molecule has 1 aromatic carbocycles. The van der Waals surface area contributed by atoms with Crippen molar-refractivity contribution in [2.45, 2.75) is 32.0 Å². The van der Waals surface area contributed by atoms with Crippen molar-refractivity contribution in [1.82, 2.24) is 15.2 Å². The largest absolute Gasteiger partial charge is 0.468 e. The highest BCUT2D eigenvalue weighted by molar-refractivity contribution is 5.92. The molecule has 1 amide bonds. The number of nitrogens with zero attached hydrogens (tertiary/aromatic N) is 2. The number of carbonyl (C=O) groups is 2. The summed E-state index contributed by atoms with van der Waals surface area (Å²) in [5.74, 6) is -0.496. The number of benzene rings is 1. The van der Waals surface area contributed by atoms with Crippen LogP contribution in [0.1, 0.15) is 28.0 Å². The van der Waals surface area contributed by atoms with E-state index in [1.807, 2.05) is 25.1 Å². The minimum absolute atomic E-state index is 0.126. The molecular weight excluding hydrogens is 330 g/mol. The minimum atomic E-state index is -0.366.